The van der Waals surface area contributed by atoms with E-state index in [1.165, 1.54) is 12.1 Å². The number of halogens is 1. The molecule has 1 aliphatic rings. The molecule has 7 heteroatoms. The van der Waals surface area contributed by atoms with Crippen molar-refractivity contribution in [3.05, 3.63) is 64.6 Å². The molecule has 0 N–H and O–H groups in total. The Morgan fingerprint density at radius 2 is 2.00 bits per heavy atom. The van der Waals surface area contributed by atoms with Gasteiger partial charge in [0.2, 0.25) is 0 Å². The number of carbonyl (C=O) groups is 1. The van der Waals surface area contributed by atoms with Crippen molar-refractivity contribution in [3.8, 4) is 11.4 Å². The number of nitrogens with zero attached hydrogens (tertiary/aromatic N) is 4. The summed E-state index contributed by atoms with van der Waals surface area (Å²) >= 11 is 0. The molecule has 1 saturated heterocycles. The van der Waals surface area contributed by atoms with E-state index in [1.54, 1.807) is 17.0 Å². The molecule has 1 aromatic carbocycles. The molecule has 1 fully saturated rings. The zero-order valence-electron chi connectivity index (χ0n) is 16.8. The highest BCUT2D eigenvalue weighted by atomic mass is 19.1. The molecule has 4 rings (SSSR count). The van der Waals surface area contributed by atoms with Gasteiger partial charge in [0.15, 0.2) is 5.82 Å². The monoisotopic (exact) mass is 394 g/mol. The van der Waals surface area contributed by atoms with E-state index in [-0.39, 0.29) is 11.9 Å². The van der Waals surface area contributed by atoms with E-state index >= 15 is 0 Å². The lowest BCUT2D eigenvalue weighted by Crippen LogP contribution is -2.39. The lowest BCUT2D eigenvalue weighted by Gasteiger charge is -2.35. The number of carbonyl (C=O) groups excluding carboxylic acids is 1. The Kier molecular flexibility index (Phi) is 5.13. The average molecular weight is 394 g/mol. The Balaban J connectivity index is 1.73. The fraction of sp³-hybridized carbons (Fsp3) is 0.364. The summed E-state index contributed by atoms with van der Waals surface area (Å²) < 4.78 is 18.9. The molecular formula is C22H23FN4O2. The van der Waals surface area contributed by atoms with Gasteiger partial charge >= 0.3 is 0 Å². The van der Waals surface area contributed by atoms with Crippen molar-refractivity contribution in [1.29, 1.82) is 0 Å². The molecule has 0 saturated carbocycles. The molecule has 1 atom stereocenters. The maximum atomic E-state index is 13.6. The van der Waals surface area contributed by atoms with Gasteiger partial charge in [0.25, 0.3) is 5.91 Å². The summed E-state index contributed by atoms with van der Waals surface area (Å²) in [5.41, 5.74) is 3.48. The van der Waals surface area contributed by atoms with Gasteiger partial charge in [-0.3, -0.25) is 4.79 Å². The topological polar surface area (TPSA) is 72.1 Å². The zero-order valence-corrected chi connectivity index (χ0v) is 16.8. The second-order valence-corrected chi connectivity index (χ2v) is 7.48. The van der Waals surface area contributed by atoms with Crippen LogP contribution in [-0.2, 0) is 0 Å². The number of likely N-dealkylation sites (tertiary alicyclic amines) is 1. The summed E-state index contributed by atoms with van der Waals surface area (Å²) in [6, 6.07) is 7.58. The maximum Gasteiger partial charge on any atom is 0.254 e. The van der Waals surface area contributed by atoms with E-state index in [9.17, 15) is 9.18 Å². The number of aromatic nitrogens is 3. The van der Waals surface area contributed by atoms with Crippen molar-refractivity contribution in [3.63, 3.8) is 0 Å². The van der Waals surface area contributed by atoms with Crippen LogP contribution in [0.1, 0.15) is 58.5 Å². The van der Waals surface area contributed by atoms with Crippen molar-refractivity contribution in [1.82, 2.24) is 20.0 Å². The van der Waals surface area contributed by atoms with Crippen LogP contribution in [0.2, 0.25) is 0 Å². The molecule has 3 aromatic rings. The number of benzene rings is 1. The largest absolute Gasteiger partial charge is 0.361 e. The summed E-state index contributed by atoms with van der Waals surface area (Å²) in [6.45, 7) is 6.22. The van der Waals surface area contributed by atoms with Crippen molar-refractivity contribution in [2.45, 2.75) is 46.1 Å². The van der Waals surface area contributed by atoms with E-state index < -0.39 is 5.82 Å². The normalized spacial score (nSPS) is 16.8. The summed E-state index contributed by atoms with van der Waals surface area (Å²) in [7, 11) is 0. The summed E-state index contributed by atoms with van der Waals surface area (Å²) in [4.78, 5) is 24.3. The van der Waals surface area contributed by atoms with E-state index in [0.29, 0.717) is 23.7 Å². The second kappa shape index (κ2) is 7.73. The lowest BCUT2D eigenvalue weighted by atomic mass is 9.97. The fourth-order valence-electron chi connectivity index (χ4n) is 3.95. The quantitative estimate of drug-likeness (QED) is 0.651. The van der Waals surface area contributed by atoms with Crippen molar-refractivity contribution < 1.29 is 13.7 Å². The third kappa shape index (κ3) is 3.77. The maximum absolute atomic E-state index is 13.6. The Morgan fingerprint density at radius 3 is 2.72 bits per heavy atom. The number of hydrogen-bond acceptors (Lipinski definition) is 5. The van der Waals surface area contributed by atoms with Crippen molar-refractivity contribution >= 4 is 5.91 Å². The van der Waals surface area contributed by atoms with Gasteiger partial charge in [-0.1, -0.05) is 11.2 Å². The van der Waals surface area contributed by atoms with Crippen LogP contribution < -0.4 is 0 Å². The van der Waals surface area contributed by atoms with Gasteiger partial charge in [-0.2, -0.15) is 0 Å². The van der Waals surface area contributed by atoms with Crippen LogP contribution in [0.15, 0.2) is 34.9 Å². The molecule has 1 unspecified atom stereocenters. The third-order valence-electron chi connectivity index (χ3n) is 5.31. The molecule has 29 heavy (non-hydrogen) atoms. The standard InChI is InChI=1S/C22H23FN4O2/c1-13-11-18(25-21(24-13)20-14(2)26-29-15(20)3)19-9-4-5-10-27(19)22(28)16-7-6-8-17(23)12-16/h6-8,11-12,19H,4-5,9-10H2,1-3H3. The van der Waals surface area contributed by atoms with Gasteiger partial charge in [-0.15, -0.1) is 0 Å². The third-order valence-corrected chi connectivity index (χ3v) is 5.31. The highest BCUT2D eigenvalue weighted by molar-refractivity contribution is 5.94. The van der Waals surface area contributed by atoms with Gasteiger partial charge in [0, 0.05) is 17.8 Å². The molecular weight excluding hydrogens is 371 g/mol. The molecule has 1 aliphatic heterocycles. The molecule has 0 spiro atoms. The Labute approximate surface area is 168 Å². The molecule has 2 aromatic heterocycles. The van der Waals surface area contributed by atoms with Gasteiger partial charge in [-0.05, 0) is 64.3 Å². The van der Waals surface area contributed by atoms with Crippen LogP contribution in [0.5, 0.6) is 0 Å². The van der Waals surface area contributed by atoms with Crippen LogP contribution in [0.4, 0.5) is 4.39 Å². The minimum absolute atomic E-state index is 0.177. The number of amides is 1. The summed E-state index contributed by atoms with van der Waals surface area (Å²) in [6.07, 6.45) is 2.72. The van der Waals surface area contributed by atoms with Crippen LogP contribution >= 0.6 is 0 Å². The lowest BCUT2D eigenvalue weighted by molar-refractivity contribution is 0.0605. The summed E-state index contributed by atoms with van der Waals surface area (Å²) in [5.74, 6) is 0.628. The first-order chi connectivity index (χ1) is 13.9. The Hall–Kier alpha value is -3.09. The fourth-order valence-corrected chi connectivity index (χ4v) is 3.95. The van der Waals surface area contributed by atoms with Crippen molar-refractivity contribution in [2.75, 3.05) is 6.54 Å². The minimum Gasteiger partial charge on any atom is -0.361 e. The smallest absolute Gasteiger partial charge is 0.254 e. The molecule has 3 heterocycles. The SMILES string of the molecule is Cc1cc(C2CCCCN2C(=O)c2cccc(F)c2)nc(-c2c(C)noc2C)n1. The minimum atomic E-state index is -0.414. The number of piperidine rings is 1. The number of aryl methyl sites for hydroxylation is 3. The molecule has 0 aliphatic carbocycles. The van der Waals surface area contributed by atoms with Crippen LogP contribution in [0.3, 0.4) is 0 Å². The highest BCUT2D eigenvalue weighted by Crippen LogP contribution is 2.33. The highest BCUT2D eigenvalue weighted by Gasteiger charge is 2.31. The predicted molar refractivity (Wildman–Crippen MR) is 106 cm³/mol. The van der Waals surface area contributed by atoms with Crippen LogP contribution in [0.25, 0.3) is 11.4 Å². The van der Waals surface area contributed by atoms with Crippen LogP contribution in [0, 0.1) is 26.6 Å². The first-order valence-electron chi connectivity index (χ1n) is 9.79. The van der Waals surface area contributed by atoms with Gasteiger partial charge in [-0.25, -0.2) is 14.4 Å². The van der Waals surface area contributed by atoms with E-state index in [1.807, 2.05) is 26.8 Å². The first-order valence-corrected chi connectivity index (χ1v) is 9.79. The molecule has 6 nitrogen and oxygen atoms in total. The predicted octanol–water partition coefficient (Wildman–Crippen LogP) is 4.56. The molecule has 0 radical (unpaired) electrons. The van der Waals surface area contributed by atoms with E-state index in [0.717, 1.165) is 41.9 Å². The van der Waals surface area contributed by atoms with E-state index in [2.05, 4.69) is 10.1 Å². The summed E-state index contributed by atoms with van der Waals surface area (Å²) in [5, 5.41) is 4.00. The molecule has 0 bridgehead atoms. The van der Waals surface area contributed by atoms with Gasteiger partial charge in [0.05, 0.1) is 23.0 Å². The van der Waals surface area contributed by atoms with E-state index in [4.69, 9.17) is 9.51 Å². The number of hydrogen-bond donors (Lipinski definition) is 0. The Bertz CT molecular complexity index is 1040. The molecule has 150 valence electrons. The number of rotatable bonds is 3. The zero-order chi connectivity index (χ0) is 20.5. The first kappa shape index (κ1) is 19.2. The second-order valence-electron chi connectivity index (χ2n) is 7.48. The van der Waals surface area contributed by atoms with Crippen molar-refractivity contribution in [2.24, 2.45) is 0 Å². The average Bonchev–Trinajstić information content (AvgIpc) is 3.05. The van der Waals surface area contributed by atoms with Gasteiger partial charge in [0.1, 0.15) is 11.6 Å². The Morgan fingerprint density at radius 1 is 1.17 bits per heavy atom. The molecule has 1 amide bonds. The van der Waals surface area contributed by atoms with Crippen LogP contribution in [-0.4, -0.2) is 32.5 Å². The van der Waals surface area contributed by atoms with Gasteiger partial charge < -0.3 is 9.42 Å².